The second kappa shape index (κ2) is 7.22. The van der Waals surface area contributed by atoms with Crippen LogP contribution in [0.15, 0.2) is 30.4 Å². The van der Waals surface area contributed by atoms with E-state index in [1.165, 1.54) is 16.7 Å². The molecule has 0 saturated heterocycles. The summed E-state index contributed by atoms with van der Waals surface area (Å²) in [4.78, 5) is 0. The highest BCUT2D eigenvalue weighted by molar-refractivity contribution is 5.39. The van der Waals surface area contributed by atoms with Gasteiger partial charge in [-0.1, -0.05) is 38.1 Å². The summed E-state index contributed by atoms with van der Waals surface area (Å²) in [5, 5.41) is 3.52. The summed E-state index contributed by atoms with van der Waals surface area (Å²) in [5.74, 6) is 0.963. The van der Waals surface area contributed by atoms with E-state index in [9.17, 15) is 0 Å². The Morgan fingerprint density at radius 2 is 2.11 bits per heavy atom. The van der Waals surface area contributed by atoms with Gasteiger partial charge in [-0.15, -0.1) is 0 Å². The van der Waals surface area contributed by atoms with Gasteiger partial charge in [-0.05, 0) is 37.9 Å². The first-order chi connectivity index (χ1) is 8.62. The lowest BCUT2D eigenvalue weighted by Gasteiger charge is -2.22. The van der Waals surface area contributed by atoms with E-state index in [-0.39, 0.29) is 6.04 Å². The maximum absolute atomic E-state index is 5.50. The number of hydrogen-bond acceptors (Lipinski definition) is 2. The maximum Gasteiger partial charge on any atom is 0.123 e. The van der Waals surface area contributed by atoms with Crippen LogP contribution in [0.3, 0.4) is 0 Å². The molecule has 0 amide bonds. The molecule has 1 atom stereocenters. The molecule has 1 aromatic carbocycles. The molecule has 0 saturated carbocycles. The zero-order valence-electron chi connectivity index (χ0n) is 12.0. The van der Waals surface area contributed by atoms with Crippen LogP contribution in [0.4, 0.5) is 0 Å². The van der Waals surface area contributed by atoms with E-state index < -0.39 is 0 Å². The van der Waals surface area contributed by atoms with Crippen LogP contribution in [0.1, 0.15) is 43.9 Å². The molecule has 0 bridgehead atoms. The molecule has 1 unspecified atom stereocenters. The van der Waals surface area contributed by atoms with Crippen molar-refractivity contribution in [3.05, 3.63) is 41.5 Å². The second-order valence-corrected chi connectivity index (χ2v) is 4.66. The molecule has 0 aliphatic rings. The minimum Gasteiger partial charge on any atom is -0.496 e. The van der Waals surface area contributed by atoms with Gasteiger partial charge in [0.1, 0.15) is 5.75 Å². The molecular formula is C16H25NO. The number of aryl methyl sites for hydroxylation is 1. The Kier molecular flexibility index (Phi) is 5.93. The molecule has 1 aromatic rings. The predicted octanol–water partition coefficient (Wildman–Crippen LogP) is 4.01. The van der Waals surface area contributed by atoms with E-state index in [1.54, 1.807) is 7.11 Å². The van der Waals surface area contributed by atoms with Crippen LogP contribution < -0.4 is 10.1 Å². The van der Waals surface area contributed by atoms with Gasteiger partial charge in [-0.3, -0.25) is 0 Å². The topological polar surface area (TPSA) is 21.3 Å². The molecule has 0 heterocycles. The smallest absolute Gasteiger partial charge is 0.123 e. The summed E-state index contributed by atoms with van der Waals surface area (Å²) < 4.78 is 5.50. The first-order valence-electron chi connectivity index (χ1n) is 6.66. The van der Waals surface area contributed by atoms with Crippen LogP contribution in [0, 0.1) is 6.92 Å². The van der Waals surface area contributed by atoms with Gasteiger partial charge >= 0.3 is 0 Å². The van der Waals surface area contributed by atoms with Crippen molar-refractivity contribution >= 4 is 0 Å². The fourth-order valence-electron chi connectivity index (χ4n) is 2.08. The van der Waals surface area contributed by atoms with Crippen LogP contribution in [-0.4, -0.2) is 13.7 Å². The molecule has 0 spiro atoms. The Morgan fingerprint density at radius 1 is 1.39 bits per heavy atom. The zero-order valence-corrected chi connectivity index (χ0v) is 12.0. The second-order valence-electron chi connectivity index (χ2n) is 4.66. The summed E-state index contributed by atoms with van der Waals surface area (Å²) in [5.41, 5.74) is 3.71. The molecular weight excluding hydrogens is 222 g/mol. The van der Waals surface area contributed by atoms with E-state index in [4.69, 9.17) is 4.74 Å². The van der Waals surface area contributed by atoms with Crippen LogP contribution >= 0.6 is 0 Å². The van der Waals surface area contributed by atoms with Gasteiger partial charge in [0, 0.05) is 11.6 Å². The van der Waals surface area contributed by atoms with E-state index in [2.05, 4.69) is 50.9 Å². The lowest BCUT2D eigenvalue weighted by atomic mass is 9.96. The number of nitrogens with one attached hydrogen (secondary N) is 1. The standard InChI is InChI=1S/C16H25NO/c1-6-12(3)10-15(17-7-2)14-9-8-13(4)11-16(14)18-5/h8-9,11,15,17H,3,6-7,10H2,1-2,4-5H3. The van der Waals surface area contributed by atoms with E-state index in [0.717, 1.165) is 25.1 Å². The van der Waals surface area contributed by atoms with Crippen LogP contribution in [0.25, 0.3) is 0 Å². The van der Waals surface area contributed by atoms with Crippen molar-refractivity contribution in [2.24, 2.45) is 0 Å². The molecule has 0 aliphatic carbocycles. The van der Waals surface area contributed by atoms with Crippen molar-refractivity contribution in [3.8, 4) is 5.75 Å². The third-order valence-corrected chi connectivity index (χ3v) is 3.21. The van der Waals surface area contributed by atoms with Gasteiger partial charge in [-0.2, -0.15) is 0 Å². The Morgan fingerprint density at radius 3 is 2.67 bits per heavy atom. The highest BCUT2D eigenvalue weighted by Gasteiger charge is 2.15. The normalized spacial score (nSPS) is 12.2. The summed E-state index contributed by atoms with van der Waals surface area (Å²) in [6.07, 6.45) is 1.99. The molecule has 2 heteroatoms. The first-order valence-corrected chi connectivity index (χ1v) is 6.66. The first kappa shape index (κ1) is 14.8. The van der Waals surface area contributed by atoms with Crippen molar-refractivity contribution in [1.82, 2.24) is 5.32 Å². The summed E-state index contributed by atoms with van der Waals surface area (Å²) in [6, 6.07) is 6.67. The Hall–Kier alpha value is -1.28. The quantitative estimate of drug-likeness (QED) is 0.735. The number of methoxy groups -OCH3 is 1. The van der Waals surface area contributed by atoms with Crippen molar-refractivity contribution in [2.45, 2.75) is 39.7 Å². The molecule has 100 valence electrons. The van der Waals surface area contributed by atoms with Crippen LogP contribution in [0.5, 0.6) is 5.75 Å². The molecule has 1 rings (SSSR count). The number of hydrogen-bond donors (Lipinski definition) is 1. The third kappa shape index (κ3) is 3.88. The van der Waals surface area contributed by atoms with E-state index >= 15 is 0 Å². The SMILES string of the molecule is C=C(CC)CC(NCC)c1ccc(C)cc1OC. The largest absolute Gasteiger partial charge is 0.496 e. The molecule has 2 nitrogen and oxygen atoms in total. The van der Waals surface area contributed by atoms with E-state index in [1.807, 2.05) is 0 Å². The highest BCUT2D eigenvalue weighted by Crippen LogP contribution is 2.30. The van der Waals surface area contributed by atoms with Crippen molar-refractivity contribution in [1.29, 1.82) is 0 Å². The van der Waals surface area contributed by atoms with Gasteiger partial charge < -0.3 is 10.1 Å². The molecule has 0 radical (unpaired) electrons. The van der Waals surface area contributed by atoms with Crippen molar-refractivity contribution in [2.75, 3.05) is 13.7 Å². The van der Waals surface area contributed by atoms with Gasteiger partial charge in [0.05, 0.1) is 7.11 Å². The Bertz CT molecular complexity index is 398. The molecule has 1 N–H and O–H groups in total. The molecule has 0 fully saturated rings. The Balaban J connectivity index is 3.00. The van der Waals surface area contributed by atoms with Crippen molar-refractivity contribution < 1.29 is 4.74 Å². The van der Waals surface area contributed by atoms with Gasteiger partial charge in [0.2, 0.25) is 0 Å². The summed E-state index contributed by atoms with van der Waals surface area (Å²) >= 11 is 0. The average Bonchev–Trinajstić information content (AvgIpc) is 2.37. The summed E-state index contributed by atoms with van der Waals surface area (Å²) in [6.45, 7) is 11.4. The maximum atomic E-state index is 5.50. The molecule has 0 aliphatic heterocycles. The zero-order chi connectivity index (χ0) is 13.5. The number of benzene rings is 1. The van der Waals surface area contributed by atoms with Gasteiger partial charge in [-0.25, -0.2) is 0 Å². The van der Waals surface area contributed by atoms with E-state index in [0.29, 0.717) is 0 Å². The van der Waals surface area contributed by atoms with Crippen LogP contribution in [-0.2, 0) is 0 Å². The van der Waals surface area contributed by atoms with Crippen molar-refractivity contribution in [3.63, 3.8) is 0 Å². The number of rotatable bonds is 7. The monoisotopic (exact) mass is 247 g/mol. The fourth-order valence-corrected chi connectivity index (χ4v) is 2.08. The fraction of sp³-hybridized carbons (Fsp3) is 0.500. The number of ether oxygens (including phenoxy) is 1. The molecule has 0 aromatic heterocycles. The Labute approximate surface area is 111 Å². The minimum atomic E-state index is 0.290. The highest BCUT2D eigenvalue weighted by atomic mass is 16.5. The summed E-state index contributed by atoms with van der Waals surface area (Å²) in [7, 11) is 1.73. The van der Waals surface area contributed by atoms with Crippen LogP contribution in [0.2, 0.25) is 0 Å². The lowest BCUT2D eigenvalue weighted by Crippen LogP contribution is -2.22. The molecule has 18 heavy (non-hydrogen) atoms. The third-order valence-electron chi connectivity index (χ3n) is 3.21. The predicted molar refractivity (Wildman–Crippen MR) is 78.2 cm³/mol. The minimum absolute atomic E-state index is 0.290. The average molecular weight is 247 g/mol. The van der Waals surface area contributed by atoms with Gasteiger partial charge in [0.25, 0.3) is 0 Å². The lowest BCUT2D eigenvalue weighted by molar-refractivity contribution is 0.398. The van der Waals surface area contributed by atoms with Gasteiger partial charge in [0.15, 0.2) is 0 Å².